The molecule has 4 heteroatoms. The van der Waals surface area contributed by atoms with E-state index >= 15 is 0 Å². The molecule has 2 aromatic carbocycles. The van der Waals surface area contributed by atoms with Gasteiger partial charge in [0.05, 0.1) is 0 Å². The molecule has 104 valence electrons. The van der Waals surface area contributed by atoms with Crippen molar-refractivity contribution in [1.82, 2.24) is 0 Å². The van der Waals surface area contributed by atoms with Crippen molar-refractivity contribution in [1.29, 1.82) is 0 Å². The first kappa shape index (κ1) is 14.1. The second-order valence-electron chi connectivity index (χ2n) is 4.88. The first-order valence-electron chi connectivity index (χ1n) is 6.47. The number of benzene rings is 2. The molecule has 0 aliphatic carbocycles. The summed E-state index contributed by atoms with van der Waals surface area (Å²) in [7, 11) is 0. The van der Waals surface area contributed by atoms with Gasteiger partial charge in [0.15, 0.2) is 0 Å². The number of aryl methyl sites for hydroxylation is 2. The van der Waals surface area contributed by atoms with Crippen molar-refractivity contribution in [3.63, 3.8) is 0 Å². The summed E-state index contributed by atoms with van der Waals surface area (Å²) in [6, 6.07) is 11.3. The zero-order chi connectivity index (χ0) is 14.7. The summed E-state index contributed by atoms with van der Waals surface area (Å²) < 4.78 is 0. The molecule has 20 heavy (non-hydrogen) atoms. The topological polar surface area (TPSA) is 67.1 Å². The van der Waals surface area contributed by atoms with E-state index in [0.717, 1.165) is 28.1 Å². The highest BCUT2D eigenvalue weighted by molar-refractivity contribution is 6.05. The Morgan fingerprint density at radius 2 is 1.80 bits per heavy atom. The lowest BCUT2D eigenvalue weighted by Gasteiger charge is -2.12. The van der Waals surface area contributed by atoms with Gasteiger partial charge < -0.3 is 10.7 Å². The van der Waals surface area contributed by atoms with Gasteiger partial charge >= 0.3 is 0 Å². The van der Waals surface area contributed by atoms with Crippen molar-refractivity contribution >= 4 is 17.3 Å². The Bertz CT molecular complexity index is 650. The van der Waals surface area contributed by atoms with Crippen LogP contribution in [-0.4, -0.2) is 5.91 Å². The third-order valence-corrected chi connectivity index (χ3v) is 3.49. The van der Waals surface area contributed by atoms with E-state index in [1.807, 2.05) is 45.0 Å². The fourth-order valence-electron chi connectivity index (χ4n) is 2.08. The van der Waals surface area contributed by atoms with Crippen molar-refractivity contribution in [2.24, 2.45) is 5.84 Å². The normalized spacial score (nSPS) is 10.2. The number of amides is 1. The summed E-state index contributed by atoms with van der Waals surface area (Å²) in [6.07, 6.45) is 0. The number of rotatable bonds is 3. The Morgan fingerprint density at radius 3 is 2.45 bits per heavy atom. The summed E-state index contributed by atoms with van der Waals surface area (Å²) in [4.78, 5) is 12.3. The molecule has 4 nitrogen and oxygen atoms in total. The molecule has 2 rings (SSSR count). The molecule has 4 N–H and O–H groups in total. The first-order chi connectivity index (χ1) is 9.52. The fraction of sp³-hybridized carbons (Fsp3) is 0.188. The molecule has 0 radical (unpaired) electrons. The van der Waals surface area contributed by atoms with E-state index in [0.29, 0.717) is 5.56 Å². The van der Waals surface area contributed by atoms with Crippen LogP contribution >= 0.6 is 0 Å². The number of hydrogen-bond acceptors (Lipinski definition) is 3. The monoisotopic (exact) mass is 269 g/mol. The van der Waals surface area contributed by atoms with Gasteiger partial charge in [0, 0.05) is 16.9 Å². The van der Waals surface area contributed by atoms with E-state index < -0.39 is 0 Å². The van der Waals surface area contributed by atoms with Gasteiger partial charge in [0.2, 0.25) is 0 Å². The van der Waals surface area contributed by atoms with Gasteiger partial charge in [0.25, 0.3) is 5.91 Å². The van der Waals surface area contributed by atoms with Crippen LogP contribution in [0.15, 0.2) is 36.4 Å². The minimum absolute atomic E-state index is 0.111. The lowest BCUT2D eigenvalue weighted by Crippen LogP contribution is -2.15. The Labute approximate surface area is 119 Å². The van der Waals surface area contributed by atoms with Crippen LogP contribution in [-0.2, 0) is 0 Å². The number of nitrogens with one attached hydrogen (secondary N) is 2. The Kier molecular flexibility index (Phi) is 4.05. The van der Waals surface area contributed by atoms with Gasteiger partial charge in [-0.3, -0.25) is 10.6 Å². The summed E-state index contributed by atoms with van der Waals surface area (Å²) in [5.74, 6) is 5.24. The van der Waals surface area contributed by atoms with E-state index in [9.17, 15) is 4.79 Å². The second kappa shape index (κ2) is 5.75. The smallest absolute Gasteiger partial charge is 0.255 e. The molecule has 0 aliphatic heterocycles. The molecule has 0 bridgehead atoms. The second-order valence-corrected chi connectivity index (χ2v) is 4.88. The van der Waals surface area contributed by atoms with Gasteiger partial charge in [0.1, 0.15) is 0 Å². The molecule has 0 aromatic heterocycles. The van der Waals surface area contributed by atoms with E-state index in [1.165, 1.54) is 0 Å². The molecule has 0 heterocycles. The van der Waals surface area contributed by atoms with Crippen molar-refractivity contribution in [3.05, 3.63) is 58.7 Å². The van der Waals surface area contributed by atoms with Crippen LogP contribution in [0.5, 0.6) is 0 Å². The highest BCUT2D eigenvalue weighted by Crippen LogP contribution is 2.20. The summed E-state index contributed by atoms with van der Waals surface area (Å²) in [5, 5.41) is 2.96. The summed E-state index contributed by atoms with van der Waals surface area (Å²) in [5.41, 5.74) is 7.95. The third kappa shape index (κ3) is 2.81. The number of anilines is 2. The summed E-state index contributed by atoms with van der Waals surface area (Å²) >= 11 is 0. The molecular weight excluding hydrogens is 250 g/mol. The predicted octanol–water partition coefficient (Wildman–Crippen LogP) is 3.15. The number of nitrogen functional groups attached to an aromatic ring is 1. The van der Waals surface area contributed by atoms with Crippen molar-refractivity contribution in [3.8, 4) is 0 Å². The van der Waals surface area contributed by atoms with Gasteiger partial charge in [-0.15, -0.1) is 0 Å². The lowest BCUT2D eigenvalue weighted by atomic mass is 10.1. The van der Waals surface area contributed by atoms with E-state index in [2.05, 4.69) is 10.7 Å². The Balaban J connectivity index is 2.26. The zero-order valence-electron chi connectivity index (χ0n) is 11.9. The van der Waals surface area contributed by atoms with Gasteiger partial charge in [-0.2, -0.15) is 0 Å². The predicted molar refractivity (Wildman–Crippen MR) is 82.9 cm³/mol. The Hall–Kier alpha value is -2.33. The van der Waals surface area contributed by atoms with Gasteiger partial charge in [-0.25, -0.2) is 0 Å². The fourth-order valence-corrected chi connectivity index (χ4v) is 2.08. The van der Waals surface area contributed by atoms with Crippen molar-refractivity contribution in [2.45, 2.75) is 20.8 Å². The standard InChI is InChI=1S/C16H19N3O/c1-10-5-4-6-15(12(10)3)18-16(20)14-8-7-13(19-17)9-11(14)2/h4-9,19H,17H2,1-3H3,(H,18,20). The molecule has 0 aliphatic rings. The molecule has 0 spiro atoms. The maximum Gasteiger partial charge on any atom is 0.255 e. The quantitative estimate of drug-likeness (QED) is 0.592. The number of hydrogen-bond donors (Lipinski definition) is 3. The molecule has 0 saturated heterocycles. The first-order valence-corrected chi connectivity index (χ1v) is 6.47. The van der Waals surface area contributed by atoms with Crippen LogP contribution in [0, 0.1) is 20.8 Å². The average molecular weight is 269 g/mol. The minimum Gasteiger partial charge on any atom is -0.324 e. The molecule has 0 saturated carbocycles. The number of hydrazine groups is 1. The van der Waals surface area contributed by atoms with E-state index in [1.54, 1.807) is 12.1 Å². The highest BCUT2D eigenvalue weighted by Gasteiger charge is 2.11. The van der Waals surface area contributed by atoms with Crippen LogP contribution in [0.3, 0.4) is 0 Å². The van der Waals surface area contributed by atoms with Gasteiger partial charge in [-0.05, 0) is 61.7 Å². The third-order valence-electron chi connectivity index (χ3n) is 3.49. The van der Waals surface area contributed by atoms with Crippen LogP contribution in [0.2, 0.25) is 0 Å². The van der Waals surface area contributed by atoms with E-state index in [-0.39, 0.29) is 5.91 Å². The van der Waals surface area contributed by atoms with Crippen LogP contribution in [0.1, 0.15) is 27.0 Å². The van der Waals surface area contributed by atoms with Crippen LogP contribution in [0.25, 0.3) is 0 Å². The molecule has 2 aromatic rings. The lowest BCUT2D eigenvalue weighted by molar-refractivity contribution is 0.102. The SMILES string of the molecule is Cc1cc(NN)ccc1C(=O)Nc1cccc(C)c1C. The maximum atomic E-state index is 12.3. The molecule has 1 amide bonds. The van der Waals surface area contributed by atoms with Crippen molar-refractivity contribution in [2.75, 3.05) is 10.7 Å². The van der Waals surface area contributed by atoms with Crippen LogP contribution < -0.4 is 16.6 Å². The molecular formula is C16H19N3O. The minimum atomic E-state index is -0.111. The largest absolute Gasteiger partial charge is 0.324 e. The molecule has 0 unspecified atom stereocenters. The zero-order valence-corrected chi connectivity index (χ0v) is 11.9. The van der Waals surface area contributed by atoms with Gasteiger partial charge in [-0.1, -0.05) is 12.1 Å². The Morgan fingerprint density at radius 1 is 1.05 bits per heavy atom. The van der Waals surface area contributed by atoms with Crippen molar-refractivity contribution < 1.29 is 4.79 Å². The highest BCUT2D eigenvalue weighted by atomic mass is 16.1. The summed E-state index contributed by atoms with van der Waals surface area (Å²) in [6.45, 7) is 5.91. The average Bonchev–Trinajstić information content (AvgIpc) is 2.43. The van der Waals surface area contributed by atoms with E-state index in [4.69, 9.17) is 5.84 Å². The number of carbonyl (C=O) groups is 1. The maximum absolute atomic E-state index is 12.3. The molecule has 0 atom stereocenters. The number of nitrogens with two attached hydrogens (primary N) is 1. The molecule has 0 fully saturated rings. The number of carbonyl (C=O) groups excluding carboxylic acids is 1. The van der Waals surface area contributed by atoms with Crippen LogP contribution in [0.4, 0.5) is 11.4 Å².